The van der Waals surface area contributed by atoms with Gasteiger partial charge in [-0.3, -0.25) is 19.2 Å². The van der Waals surface area contributed by atoms with E-state index in [1.54, 1.807) is 6.08 Å². The molecule has 0 bridgehead atoms. The Morgan fingerprint density at radius 1 is 0.585 bits per heavy atom. The highest BCUT2D eigenvalue weighted by Crippen LogP contribution is 2.26. The predicted molar refractivity (Wildman–Crippen MR) is 149 cm³/mol. The Kier molecular flexibility index (Phi) is 12.4. The first-order chi connectivity index (χ1) is 20.0. The summed E-state index contributed by atoms with van der Waals surface area (Å²) in [6, 6.07) is 0. The summed E-state index contributed by atoms with van der Waals surface area (Å²) < 4.78 is 23.1. The van der Waals surface area contributed by atoms with Gasteiger partial charge < -0.3 is 40.2 Å². The van der Waals surface area contributed by atoms with Crippen molar-refractivity contribution in [2.24, 2.45) is 29.1 Å². The average molecular weight is 579 g/mol. The van der Waals surface area contributed by atoms with Gasteiger partial charge in [-0.2, -0.15) is 0 Å². The van der Waals surface area contributed by atoms with Crippen LogP contribution in [0.15, 0.2) is 12.2 Å². The molecule has 4 N–H and O–H groups in total. The third-order valence-corrected chi connectivity index (χ3v) is 8.27. The Labute approximate surface area is 242 Å². The maximum atomic E-state index is 13.0. The first-order valence-corrected chi connectivity index (χ1v) is 15.1. The molecular weight excluding hydrogens is 532 g/mol. The third-order valence-electron chi connectivity index (χ3n) is 8.27. The van der Waals surface area contributed by atoms with Gasteiger partial charge in [-0.05, 0) is 58.2 Å². The fourth-order valence-corrected chi connectivity index (χ4v) is 5.55. The smallest absolute Gasteiger partial charge is 0.314 e. The highest BCUT2D eigenvalue weighted by molar-refractivity contribution is 5.75. The fraction of sp³-hybridized carbons (Fsp3) is 0.793. The van der Waals surface area contributed by atoms with Crippen LogP contribution in [0.4, 0.5) is 0 Å². The number of carbonyl (C=O) groups is 4. The molecule has 0 aliphatic carbocycles. The summed E-state index contributed by atoms with van der Waals surface area (Å²) in [5, 5.41) is 12.8. The highest BCUT2D eigenvalue weighted by atomic mass is 16.6. The summed E-state index contributed by atoms with van der Waals surface area (Å²) in [5.74, 6) is -2.94. The summed E-state index contributed by atoms with van der Waals surface area (Å²) in [6.07, 6.45) is 8.39. The second-order valence-corrected chi connectivity index (χ2v) is 11.8. The van der Waals surface area contributed by atoms with Crippen molar-refractivity contribution < 1.29 is 38.1 Å². The van der Waals surface area contributed by atoms with Crippen molar-refractivity contribution >= 4 is 23.9 Å². The van der Waals surface area contributed by atoms with Gasteiger partial charge >= 0.3 is 23.9 Å². The van der Waals surface area contributed by atoms with E-state index in [1.165, 1.54) is 0 Å². The number of esters is 4. The normalized spacial score (nSPS) is 28.1. The Balaban J connectivity index is 1.48. The van der Waals surface area contributed by atoms with Crippen LogP contribution in [0.2, 0.25) is 0 Å². The molecule has 41 heavy (non-hydrogen) atoms. The molecule has 0 radical (unpaired) electrons. The highest BCUT2D eigenvalue weighted by Gasteiger charge is 2.40. The molecule has 4 aliphatic rings. The minimum Gasteiger partial charge on any atom is -0.464 e. The van der Waals surface area contributed by atoms with Crippen LogP contribution in [-0.4, -0.2) is 103 Å². The molecule has 4 unspecified atom stereocenters. The summed E-state index contributed by atoms with van der Waals surface area (Å²) >= 11 is 0. The van der Waals surface area contributed by atoms with Crippen LogP contribution >= 0.6 is 0 Å². The number of carbonyl (C=O) groups excluding carboxylic acids is 4. The lowest BCUT2D eigenvalue weighted by Gasteiger charge is -2.34. The number of piperidine rings is 3. The van der Waals surface area contributed by atoms with Crippen LogP contribution in [0.5, 0.6) is 0 Å². The third kappa shape index (κ3) is 9.76. The van der Waals surface area contributed by atoms with Gasteiger partial charge in [0.05, 0.1) is 23.7 Å². The summed E-state index contributed by atoms with van der Waals surface area (Å²) in [7, 11) is 0. The summed E-state index contributed by atoms with van der Waals surface area (Å²) in [4.78, 5) is 51.9. The van der Waals surface area contributed by atoms with Gasteiger partial charge in [-0.25, -0.2) is 0 Å². The number of ether oxygens (including phenoxy) is 4. The topological polar surface area (TPSA) is 153 Å². The van der Waals surface area contributed by atoms with Gasteiger partial charge in [-0.1, -0.05) is 12.2 Å². The minimum atomic E-state index is -1.26. The zero-order chi connectivity index (χ0) is 28.9. The number of hydrogen-bond acceptors (Lipinski definition) is 12. The zero-order valence-electron chi connectivity index (χ0n) is 24.0. The van der Waals surface area contributed by atoms with E-state index in [2.05, 4.69) is 21.3 Å². The number of rotatable bonds is 12. The van der Waals surface area contributed by atoms with E-state index < -0.39 is 17.3 Å². The first-order valence-electron chi connectivity index (χ1n) is 15.1. The maximum Gasteiger partial charge on any atom is 0.314 e. The van der Waals surface area contributed by atoms with Gasteiger partial charge in [0.25, 0.3) is 0 Å². The average Bonchev–Trinajstić information content (AvgIpc) is 3.05. The van der Waals surface area contributed by atoms with Crippen molar-refractivity contribution in [2.45, 2.75) is 38.5 Å². The Morgan fingerprint density at radius 3 is 1.34 bits per heavy atom. The summed E-state index contributed by atoms with van der Waals surface area (Å²) in [5.41, 5.74) is -1.26. The molecule has 12 nitrogen and oxygen atoms in total. The van der Waals surface area contributed by atoms with E-state index in [0.29, 0.717) is 52.0 Å². The van der Waals surface area contributed by atoms with Gasteiger partial charge in [0.2, 0.25) is 0 Å². The van der Waals surface area contributed by atoms with E-state index in [4.69, 9.17) is 18.9 Å². The van der Waals surface area contributed by atoms with Gasteiger partial charge in [0.15, 0.2) is 0 Å². The van der Waals surface area contributed by atoms with E-state index in [-0.39, 0.29) is 62.1 Å². The molecule has 0 saturated carbocycles. The van der Waals surface area contributed by atoms with Crippen molar-refractivity contribution in [1.29, 1.82) is 0 Å². The fourth-order valence-electron chi connectivity index (χ4n) is 5.55. The molecule has 3 fully saturated rings. The molecule has 0 spiro atoms. The van der Waals surface area contributed by atoms with Crippen molar-refractivity contribution in [3.63, 3.8) is 0 Å². The van der Waals surface area contributed by atoms with Crippen molar-refractivity contribution in [3.8, 4) is 0 Å². The van der Waals surface area contributed by atoms with E-state index in [9.17, 15) is 19.2 Å². The lowest BCUT2D eigenvalue weighted by atomic mass is 9.91. The van der Waals surface area contributed by atoms with Crippen molar-refractivity contribution in [3.05, 3.63) is 12.2 Å². The molecule has 230 valence electrons. The van der Waals surface area contributed by atoms with Crippen LogP contribution in [0.3, 0.4) is 0 Å². The Morgan fingerprint density at radius 2 is 1.00 bits per heavy atom. The van der Waals surface area contributed by atoms with Crippen LogP contribution in [0, 0.1) is 29.1 Å². The SMILES string of the molecule is O=C(OCC(COC(=O)C1CCCNC1)(COC(=O)C1CCCNC1)COC(=O)C1CCCNC1)C1C=CCNC1. The quantitative estimate of drug-likeness (QED) is 0.139. The molecule has 4 rings (SSSR count). The van der Waals surface area contributed by atoms with Gasteiger partial charge in [0, 0.05) is 32.7 Å². The first kappa shape index (κ1) is 31.4. The van der Waals surface area contributed by atoms with Gasteiger partial charge in [-0.15, -0.1) is 0 Å². The van der Waals surface area contributed by atoms with Crippen LogP contribution in [0.25, 0.3) is 0 Å². The van der Waals surface area contributed by atoms with Crippen LogP contribution < -0.4 is 21.3 Å². The summed E-state index contributed by atoms with van der Waals surface area (Å²) in [6.45, 7) is 4.35. The van der Waals surface area contributed by atoms with E-state index in [0.717, 1.165) is 38.9 Å². The van der Waals surface area contributed by atoms with E-state index in [1.807, 2.05) is 6.08 Å². The standard InChI is InChI=1S/C29H46N4O8/c34-25(21-5-1-9-30-13-21)38-17-29(18-39-26(35)22-6-2-10-31-14-22,19-40-27(36)23-7-3-11-32-15-23)20-41-28(37)24-8-4-12-33-16-24/h1,5,21-24,30-33H,2-4,6-20H2. The van der Waals surface area contributed by atoms with Crippen molar-refractivity contribution in [1.82, 2.24) is 21.3 Å². The van der Waals surface area contributed by atoms with E-state index >= 15 is 0 Å². The molecule has 0 aromatic rings. The molecule has 0 aromatic carbocycles. The largest absolute Gasteiger partial charge is 0.464 e. The van der Waals surface area contributed by atoms with Crippen molar-refractivity contribution in [2.75, 3.05) is 78.8 Å². The zero-order valence-corrected chi connectivity index (χ0v) is 24.0. The molecule has 0 amide bonds. The molecule has 3 saturated heterocycles. The molecular formula is C29H46N4O8. The van der Waals surface area contributed by atoms with Gasteiger partial charge in [0.1, 0.15) is 31.8 Å². The number of hydrogen-bond donors (Lipinski definition) is 4. The minimum absolute atomic E-state index is 0.221. The Bertz CT molecular complexity index is 827. The molecule has 4 heterocycles. The predicted octanol–water partition coefficient (Wildman–Crippen LogP) is -0.0800. The van der Waals surface area contributed by atoms with Crippen LogP contribution in [-0.2, 0) is 38.1 Å². The second-order valence-electron chi connectivity index (χ2n) is 11.8. The lowest BCUT2D eigenvalue weighted by Crippen LogP contribution is -2.47. The Hall–Kier alpha value is -2.54. The van der Waals surface area contributed by atoms with Crippen LogP contribution in [0.1, 0.15) is 38.5 Å². The molecule has 4 atom stereocenters. The molecule has 0 aromatic heterocycles. The lowest BCUT2D eigenvalue weighted by molar-refractivity contribution is -0.176. The maximum absolute atomic E-state index is 13.0. The molecule has 12 heteroatoms. The monoisotopic (exact) mass is 578 g/mol. The second kappa shape index (κ2) is 16.2. The molecule has 4 aliphatic heterocycles. The number of nitrogens with one attached hydrogen (secondary N) is 4.